The summed E-state index contributed by atoms with van der Waals surface area (Å²) in [5, 5.41) is 0. The number of rotatable bonds is 3. The van der Waals surface area contributed by atoms with Crippen LogP contribution in [0.4, 0.5) is 5.69 Å². The van der Waals surface area contributed by atoms with Crippen molar-refractivity contribution in [3.8, 4) is 0 Å². The Kier molecular flexibility index (Phi) is 3.32. The SMILES string of the molecule is Cc1ccccc1N1CC23C=C[C@@H](O2)C(C(=O)OC(C)C)[C@@H]3C1=O. The molecule has 1 spiro atoms. The first kappa shape index (κ1) is 15.4. The molecule has 2 unspecified atom stereocenters. The number of ether oxygens (including phenoxy) is 2. The molecule has 3 aliphatic heterocycles. The molecule has 24 heavy (non-hydrogen) atoms. The van der Waals surface area contributed by atoms with Gasteiger partial charge in [-0.25, -0.2) is 0 Å². The number of carbonyl (C=O) groups is 2. The van der Waals surface area contributed by atoms with E-state index in [4.69, 9.17) is 9.47 Å². The molecule has 0 saturated carbocycles. The quantitative estimate of drug-likeness (QED) is 0.631. The molecular weight excluding hydrogens is 306 g/mol. The van der Waals surface area contributed by atoms with Crippen molar-refractivity contribution in [1.29, 1.82) is 0 Å². The van der Waals surface area contributed by atoms with Gasteiger partial charge < -0.3 is 14.4 Å². The van der Waals surface area contributed by atoms with E-state index in [1.165, 1.54) is 0 Å². The number of hydrogen-bond donors (Lipinski definition) is 0. The fourth-order valence-electron chi connectivity index (χ4n) is 4.15. The Morgan fingerprint density at radius 2 is 2.12 bits per heavy atom. The fraction of sp³-hybridized carbons (Fsp3) is 0.474. The first-order chi connectivity index (χ1) is 11.4. The molecule has 2 bridgehead atoms. The van der Waals surface area contributed by atoms with Crippen LogP contribution in [0.1, 0.15) is 19.4 Å². The zero-order chi connectivity index (χ0) is 17.1. The van der Waals surface area contributed by atoms with Crippen LogP contribution in [-0.2, 0) is 19.1 Å². The number of benzene rings is 1. The van der Waals surface area contributed by atoms with Crippen LogP contribution >= 0.6 is 0 Å². The van der Waals surface area contributed by atoms with Crippen molar-refractivity contribution >= 4 is 17.6 Å². The van der Waals surface area contributed by atoms with Gasteiger partial charge in [0.05, 0.1) is 24.7 Å². The molecule has 4 atom stereocenters. The number of para-hydroxylation sites is 1. The van der Waals surface area contributed by atoms with Gasteiger partial charge in [0, 0.05) is 5.69 Å². The van der Waals surface area contributed by atoms with Crippen LogP contribution in [0.2, 0.25) is 0 Å². The third-order valence-corrected chi connectivity index (χ3v) is 5.13. The molecule has 2 saturated heterocycles. The summed E-state index contributed by atoms with van der Waals surface area (Å²) >= 11 is 0. The number of amides is 1. The number of aryl methyl sites for hydroxylation is 1. The molecule has 0 aromatic heterocycles. The smallest absolute Gasteiger partial charge is 0.313 e. The van der Waals surface area contributed by atoms with Crippen LogP contribution in [-0.4, -0.2) is 36.2 Å². The Morgan fingerprint density at radius 3 is 2.83 bits per heavy atom. The van der Waals surface area contributed by atoms with Crippen LogP contribution < -0.4 is 4.90 Å². The Hall–Kier alpha value is -2.14. The average molecular weight is 327 g/mol. The summed E-state index contributed by atoms with van der Waals surface area (Å²) in [6, 6.07) is 7.78. The molecule has 1 amide bonds. The second-order valence-corrected chi connectivity index (χ2v) is 7.10. The van der Waals surface area contributed by atoms with E-state index in [0.717, 1.165) is 11.3 Å². The van der Waals surface area contributed by atoms with Crippen molar-refractivity contribution in [2.24, 2.45) is 11.8 Å². The maximum atomic E-state index is 13.1. The van der Waals surface area contributed by atoms with Crippen LogP contribution in [0.3, 0.4) is 0 Å². The number of fused-ring (bicyclic) bond motifs is 1. The van der Waals surface area contributed by atoms with E-state index in [2.05, 4.69) is 0 Å². The lowest BCUT2D eigenvalue weighted by Crippen LogP contribution is -2.40. The van der Waals surface area contributed by atoms with E-state index in [0.29, 0.717) is 6.54 Å². The molecule has 1 aromatic carbocycles. The maximum Gasteiger partial charge on any atom is 0.313 e. The van der Waals surface area contributed by atoms with Gasteiger partial charge in [0.2, 0.25) is 5.91 Å². The van der Waals surface area contributed by atoms with Crippen molar-refractivity contribution in [2.45, 2.75) is 38.6 Å². The van der Waals surface area contributed by atoms with E-state index in [9.17, 15) is 9.59 Å². The summed E-state index contributed by atoms with van der Waals surface area (Å²) in [5.41, 5.74) is 1.20. The first-order valence-electron chi connectivity index (χ1n) is 8.37. The summed E-state index contributed by atoms with van der Waals surface area (Å²) in [6.07, 6.45) is 3.29. The summed E-state index contributed by atoms with van der Waals surface area (Å²) in [6.45, 7) is 6.05. The highest BCUT2D eigenvalue weighted by Crippen LogP contribution is 2.53. The van der Waals surface area contributed by atoms with Gasteiger partial charge in [0.1, 0.15) is 11.5 Å². The highest BCUT2D eigenvalue weighted by molar-refractivity contribution is 6.03. The molecule has 5 nitrogen and oxygen atoms in total. The third-order valence-electron chi connectivity index (χ3n) is 5.13. The molecule has 3 heterocycles. The Bertz CT molecular complexity index is 741. The lowest BCUT2D eigenvalue weighted by Gasteiger charge is -2.23. The van der Waals surface area contributed by atoms with Gasteiger partial charge in [-0.2, -0.15) is 0 Å². The van der Waals surface area contributed by atoms with Crippen molar-refractivity contribution < 1.29 is 19.1 Å². The summed E-state index contributed by atoms with van der Waals surface area (Å²) in [5.74, 6) is -1.45. The minimum absolute atomic E-state index is 0.0538. The lowest BCUT2D eigenvalue weighted by atomic mass is 9.77. The molecule has 126 valence electrons. The third kappa shape index (κ3) is 2.04. The van der Waals surface area contributed by atoms with E-state index >= 15 is 0 Å². The highest BCUT2D eigenvalue weighted by Gasteiger charge is 2.67. The largest absolute Gasteiger partial charge is 0.463 e. The van der Waals surface area contributed by atoms with Crippen LogP contribution in [0.15, 0.2) is 36.4 Å². The van der Waals surface area contributed by atoms with Crippen molar-refractivity contribution in [1.82, 2.24) is 0 Å². The van der Waals surface area contributed by atoms with E-state index in [1.807, 2.05) is 57.2 Å². The van der Waals surface area contributed by atoms with Crippen LogP contribution in [0, 0.1) is 18.8 Å². The zero-order valence-corrected chi connectivity index (χ0v) is 14.1. The molecule has 2 fully saturated rings. The predicted molar refractivity (Wildman–Crippen MR) is 88.5 cm³/mol. The number of esters is 1. The Labute approximate surface area is 141 Å². The van der Waals surface area contributed by atoms with E-state index in [-0.39, 0.29) is 24.1 Å². The second-order valence-electron chi connectivity index (χ2n) is 7.10. The monoisotopic (exact) mass is 327 g/mol. The minimum Gasteiger partial charge on any atom is -0.463 e. The second kappa shape index (κ2) is 5.18. The molecule has 0 radical (unpaired) electrons. The van der Waals surface area contributed by atoms with Crippen molar-refractivity contribution in [2.75, 3.05) is 11.4 Å². The van der Waals surface area contributed by atoms with Gasteiger partial charge in [-0.3, -0.25) is 9.59 Å². The predicted octanol–water partition coefficient (Wildman–Crippen LogP) is 2.23. The molecule has 4 rings (SSSR count). The van der Waals surface area contributed by atoms with Gasteiger partial charge in [-0.05, 0) is 32.4 Å². The van der Waals surface area contributed by atoms with Crippen molar-refractivity contribution in [3.05, 3.63) is 42.0 Å². The number of nitrogens with zero attached hydrogens (tertiary/aromatic N) is 1. The highest BCUT2D eigenvalue weighted by atomic mass is 16.6. The molecule has 0 N–H and O–H groups in total. The van der Waals surface area contributed by atoms with Crippen molar-refractivity contribution in [3.63, 3.8) is 0 Å². The van der Waals surface area contributed by atoms with E-state index < -0.39 is 17.4 Å². The average Bonchev–Trinajstić information content (AvgIpc) is 3.15. The number of carbonyl (C=O) groups excluding carboxylic acids is 2. The number of anilines is 1. The van der Waals surface area contributed by atoms with Gasteiger partial charge in [0.25, 0.3) is 0 Å². The summed E-state index contributed by atoms with van der Waals surface area (Å²) in [7, 11) is 0. The fourth-order valence-corrected chi connectivity index (χ4v) is 4.15. The molecular formula is C19H21NO4. The Balaban J connectivity index is 1.69. The van der Waals surface area contributed by atoms with E-state index in [1.54, 1.807) is 4.90 Å². The number of hydrogen-bond acceptors (Lipinski definition) is 4. The lowest BCUT2D eigenvalue weighted by molar-refractivity contribution is -0.156. The molecule has 0 aliphatic carbocycles. The zero-order valence-electron chi connectivity index (χ0n) is 14.1. The van der Waals surface area contributed by atoms with Crippen LogP contribution in [0.5, 0.6) is 0 Å². The standard InChI is InChI=1S/C19H21NO4/c1-11(2)23-18(22)15-14-8-9-19(24-14)10-20(17(21)16(15)19)13-7-5-4-6-12(13)3/h4-9,11,14-16H,10H2,1-3H3/t14-,15?,16-,19?/m1/s1. The minimum atomic E-state index is -0.704. The molecule has 5 heteroatoms. The van der Waals surface area contributed by atoms with Gasteiger partial charge in [-0.1, -0.05) is 30.4 Å². The van der Waals surface area contributed by atoms with Crippen LogP contribution in [0.25, 0.3) is 0 Å². The normalized spacial score (nSPS) is 33.4. The Morgan fingerprint density at radius 1 is 1.38 bits per heavy atom. The topological polar surface area (TPSA) is 55.8 Å². The van der Waals surface area contributed by atoms with Gasteiger partial charge in [-0.15, -0.1) is 0 Å². The molecule has 3 aliphatic rings. The van der Waals surface area contributed by atoms with Gasteiger partial charge in [0.15, 0.2) is 0 Å². The summed E-state index contributed by atoms with van der Waals surface area (Å²) in [4.78, 5) is 27.4. The van der Waals surface area contributed by atoms with Gasteiger partial charge >= 0.3 is 5.97 Å². The molecule has 1 aromatic rings. The first-order valence-corrected chi connectivity index (χ1v) is 8.37. The summed E-state index contributed by atoms with van der Waals surface area (Å²) < 4.78 is 11.5. The maximum absolute atomic E-state index is 13.1.